The zero-order valence-electron chi connectivity index (χ0n) is 39.7. The Hall–Kier alpha value is -1.53. The molecule has 0 atom stereocenters. The lowest BCUT2D eigenvalue weighted by Crippen LogP contribution is -2.16. The van der Waals surface area contributed by atoms with Gasteiger partial charge in [0.25, 0.3) is 0 Å². The first kappa shape index (κ1) is 64.5. The van der Waals surface area contributed by atoms with Crippen molar-refractivity contribution in [1.82, 2.24) is 0 Å². The van der Waals surface area contributed by atoms with Gasteiger partial charge in [-0.1, -0.05) is 5.11 Å². The van der Waals surface area contributed by atoms with Crippen LogP contribution in [-0.4, -0.2) is 283 Å². The molecule has 0 aliphatic heterocycles. The molecule has 24 nitrogen and oxygen atoms in total. The number of ether oxygens (including phenoxy) is 20. The van der Waals surface area contributed by atoms with Crippen LogP contribution < -0.4 is 0 Å². The van der Waals surface area contributed by atoms with Crippen molar-refractivity contribution < 1.29 is 99.8 Å². The van der Waals surface area contributed by atoms with Gasteiger partial charge in [0.1, 0.15) is 0 Å². The lowest BCUT2D eigenvalue weighted by atomic mass is 10.6. The van der Waals surface area contributed by atoms with Gasteiger partial charge in [-0.05, 0) is 5.53 Å². The highest BCUT2D eigenvalue weighted by molar-refractivity contribution is 4.45. The van der Waals surface area contributed by atoms with E-state index in [-0.39, 0.29) is 6.61 Å². The highest BCUT2D eigenvalue weighted by atomic mass is 16.6. The third kappa shape index (κ3) is 62.5. The number of aliphatic hydroxyl groups excluding tert-OH is 1. The second kappa shape index (κ2) is 63.5. The Morgan fingerprint density at radius 2 is 0.333 bits per heavy atom. The number of rotatable bonds is 62. The van der Waals surface area contributed by atoms with Crippen molar-refractivity contribution in [3.8, 4) is 0 Å². The summed E-state index contributed by atoms with van der Waals surface area (Å²) in [5.41, 5.74) is 8.16. The molecule has 0 unspecified atom stereocenters. The first-order valence-electron chi connectivity index (χ1n) is 23.1. The Morgan fingerprint density at radius 3 is 0.455 bits per heavy atom. The molecule has 0 saturated carbocycles. The largest absolute Gasteiger partial charge is 0.394 e. The molecule has 394 valence electrons. The van der Waals surface area contributed by atoms with Crippen LogP contribution in [0.4, 0.5) is 0 Å². The van der Waals surface area contributed by atoms with E-state index >= 15 is 0 Å². The molecule has 1 N–H and O–H groups in total. The van der Waals surface area contributed by atoms with Crippen LogP contribution in [-0.2, 0) is 94.7 Å². The molecule has 0 aliphatic carbocycles. The summed E-state index contributed by atoms with van der Waals surface area (Å²) >= 11 is 0. The van der Waals surface area contributed by atoms with Crippen molar-refractivity contribution in [2.45, 2.75) is 0 Å². The van der Waals surface area contributed by atoms with E-state index in [9.17, 15) is 0 Å². The average Bonchev–Trinajstić information content (AvgIpc) is 3.33. The van der Waals surface area contributed by atoms with E-state index in [1.165, 1.54) is 0 Å². The SMILES string of the molecule is [N-]=[N+]=NCCOCCOCCOCCOCCOCCOCCOCCOCCOCCOCCOCCOCCOCCOCCOCCOCCOCCOCCOCCOCCO. The van der Waals surface area contributed by atoms with E-state index in [1.807, 2.05) is 0 Å². The summed E-state index contributed by atoms with van der Waals surface area (Å²) in [6.07, 6.45) is 0. The first-order chi connectivity index (χ1) is 32.9. The van der Waals surface area contributed by atoms with Crippen LogP contribution in [0.15, 0.2) is 5.11 Å². The Bertz CT molecular complexity index is 924. The van der Waals surface area contributed by atoms with Gasteiger partial charge in [0.15, 0.2) is 0 Å². The van der Waals surface area contributed by atoms with E-state index in [4.69, 9.17) is 105 Å². The Labute approximate surface area is 392 Å². The van der Waals surface area contributed by atoms with Crippen LogP contribution in [0.1, 0.15) is 0 Å². The number of hydrogen-bond donors (Lipinski definition) is 1. The van der Waals surface area contributed by atoms with E-state index in [0.29, 0.717) is 271 Å². The van der Waals surface area contributed by atoms with Crippen LogP contribution in [0.3, 0.4) is 0 Å². The van der Waals surface area contributed by atoms with Crippen LogP contribution in [0.2, 0.25) is 0 Å². The van der Waals surface area contributed by atoms with Gasteiger partial charge in [-0.2, -0.15) is 0 Å². The number of aliphatic hydroxyl groups is 1. The predicted molar refractivity (Wildman–Crippen MR) is 237 cm³/mol. The summed E-state index contributed by atoms with van der Waals surface area (Å²) in [6.45, 7) is 19.5. The molecule has 0 aliphatic rings. The van der Waals surface area contributed by atoms with Crippen molar-refractivity contribution in [3.05, 3.63) is 10.4 Å². The molecule has 0 amide bonds. The summed E-state index contributed by atoms with van der Waals surface area (Å²) in [5.74, 6) is 0. The van der Waals surface area contributed by atoms with Crippen molar-refractivity contribution in [2.75, 3.05) is 277 Å². The van der Waals surface area contributed by atoms with Crippen molar-refractivity contribution >= 4 is 0 Å². The molecule has 0 heterocycles. The van der Waals surface area contributed by atoms with Gasteiger partial charge in [0.2, 0.25) is 0 Å². The normalized spacial score (nSPS) is 11.5. The topological polar surface area (TPSA) is 254 Å². The molecular formula is C42H85N3O21. The van der Waals surface area contributed by atoms with Crippen LogP contribution >= 0.6 is 0 Å². The Morgan fingerprint density at radius 1 is 0.212 bits per heavy atom. The lowest BCUT2D eigenvalue weighted by molar-refractivity contribution is -0.0314. The summed E-state index contributed by atoms with van der Waals surface area (Å²) in [7, 11) is 0. The second-order valence-electron chi connectivity index (χ2n) is 12.9. The maximum Gasteiger partial charge on any atom is 0.0701 e. The van der Waals surface area contributed by atoms with Crippen LogP contribution in [0.5, 0.6) is 0 Å². The van der Waals surface area contributed by atoms with Gasteiger partial charge >= 0.3 is 0 Å². The molecule has 0 saturated heterocycles. The average molecular weight is 968 g/mol. The van der Waals surface area contributed by atoms with Gasteiger partial charge in [-0.25, -0.2) is 0 Å². The molecule has 0 aromatic rings. The van der Waals surface area contributed by atoms with Gasteiger partial charge in [0, 0.05) is 11.5 Å². The minimum absolute atomic E-state index is 0.0185. The smallest absolute Gasteiger partial charge is 0.0701 e. The number of nitrogens with zero attached hydrogens (tertiary/aromatic N) is 3. The van der Waals surface area contributed by atoms with Crippen LogP contribution in [0, 0.1) is 0 Å². The fourth-order valence-corrected chi connectivity index (χ4v) is 4.50. The van der Waals surface area contributed by atoms with Gasteiger partial charge < -0.3 is 99.8 Å². The van der Waals surface area contributed by atoms with Crippen molar-refractivity contribution in [3.63, 3.8) is 0 Å². The summed E-state index contributed by atoms with van der Waals surface area (Å²) in [5, 5.41) is 12.0. The third-order valence-electron chi connectivity index (χ3n) is 7.70. The predicted octanol–water partition coefficient (Wildman–Crippen LogP) is 0.621. The molecule has 0 rings (SSSR count). The molecule has 0 radical (unpaired) electrons. The summed E-state index contributed by atoms with van der Waals surface area (Å²) in [4.78, 5) is 2.65. The minimum atomic E-state index is 0.0185. The highest BCUT2D eigenvalue weighted by Crippen LogP contribution is 1.90. The molecule has 0 aromatic heterocycles. The molecule has 0 bridgehead atoms. The summed E-state index contributed by atoms with van der Waals surface area (Å²) in [6, 6.07) is 0. The van der Waals surface area contributed by atoms with Crippen molar-refractivity contribution in [1.29, 1.82) is 0 Å². The van der Waals surface area contributed by atoms with Gasteiger partial charge in [-0.3, -0.25) is 0 Å². The fourth-order valence-electron chi connectivity index (χ4n) is 4.50. The Balaban J connectivity index is 3.07. The van der Waals surface area contributed by atoms with Gasteiger partial charge in [-0.15, -0.1) is 0 Å². The third-order valence-corrected chi connectivity index (χ3v) is 7.70. The zero-order valence-corrected chi connectivity index (χ0v) is 39.7. The Kier molecular flexibility index (Phi) is 62.0. The van der Waals surface area contributed by atoms with Crippen molar-refractivity contribution in [2.24, 2.45) is 5.11 Å². The van der Waals surface area contributed by atoms with Crippen LogP contribution in [0.25, 0.3) is 10.4 Å². The number of hydrogen-bond acceptors (Lipinski definition) is 22. The fraction of sp³-hybridized carbons (Fsp3) is 1.00. The summed E-state index contributed by atoms with van der Waals surface area (Å²) < 4.78 is 109. The quantitative estimate of drug-likeness (QED) is 0.0380. The standard InChI is InChI=1S/C42H85N3O21/c43-45-44-1-3-47-5-7-49-9-11-51-13-15-53-17-19-55-21-23-57-25-27-59-29-31-61-33-35-63-37-39-65-41-42-66-40-38-64-36-34-62-32-30-60-28-26-58-24-22-56-20-18-54-16-14-52-12-10-50-8-6-48-4-2-46/h46H,1-42H2. The molecular weight excluding hydrogens is 882 g/mol. The molecule has 0 fully saturated rings. The van der Waals surface area contributed by atoms with E-state index in [1.54, 1.807) is 0 Å². The maximum absolute atomic E-state index is 8.60. The first-order valence-corrected chi connectivity index (χ1v) is 23.1. The molecule has 0 aromatic carbocycles. The molecule has 0 spiro atoms. The molecule has 24 heteroatoms. The van der Waals surface area contributed by atoms with E-state index in [2.05, 4.69) is 10.0 Å². The zero-order chi connectivity index (χ0) is 47.3. The highest BCUT2D eigenvalue weighted by Gasteiger charge is 1.99. The van der Waals surface area contributed by atoms with E-state index in [0.717, 1.165) is 0 Å². The van der Waals surface area contributed by atoms with E-state index < -0.39 is 0 Å². The minimum Gasteiger partial charge on any atom is -0.394 e. The number of azide groups is 1. The monoisotopic (exact) mass is 968 g/mol. The maximum atomic E-state index is 8.60. The van der Waals surface area contributed by atoms with Gasteiger partial charge in [0.05, 0.1) is 271 Å². The lowest BCUT2D eigenvalue weighted by Gasteiger charge is -2.09. The second-order valence-corrected chi connectivity index (χ2v) is 12.9. The molecule has 66 heavy (non-hydrogen) atoms.